The molecule has 0 aliphatic heterocycles. The highest BCUT2D eigenvalue weighted by Gasteiger charge is 2.51. The molecule has 0 aliphatic carbocycles. The van der Waals surface area contributed by atoms with Gasteiger partial charge in [-0.2, -0.15) is 0 Å². The maximum atomic E-state index is 12.9. The Hall–Kier alpha value is -2.17. The van der Waals surface area contributed by atoms with Gasteiger partial charge in [-0.05, 0) is 55.4 Å². The molecule has 2 unspecified atom stereocenters. The van der Waals surface area contributed by atoms with Crippen LogP contribution in [0.3, 0.4) is 0 Å². The van der Waals surface area contributed by atoms with Crippen molar-refractivity contribution >= 4 is 24.7 Å². The van der Waals surface area contributed by atoms with Crippen molar-refractivity contribution in [2.24, 2.45) is 5.92 Å². The summed E-state index contributed by atoms with van der Waals surface area (Å²) in [6, 6.07) is 21.1. The Bertz CT molecular complexity index is 868. The number of carbonyl (C=O) groups excluding carboxylic acids is 1. The second-order valence-corrected chi connectivity index (χ2v) is 15.4. The van der Waals surface area contributed by atoms with Crippen LogP contribution in [0.1, 0.15) is 68.2 Å². The molecule has 0 radical (unpaired) electrons. The first-order valence-electron chi connectivity index (χ1n) is 11.9. The molecule has 180 valence electrons. The van der Waals surface area contributed by atoms with E-state index in [9.17, 15) is 4.79 Å². The first-order chi connectivity index (χ1) is 15.3. The Labute approximate surface area is 202 Å². The SMILES string of the molecule is C=C(C)C(C)CC(CC(=O)OC(C)(C)C)O[Si](c1ccccc1)(c1ccccc1)C(C)(C)C. The maximum absolute atomic E-state index is 12.9. The Balaban J connectivity index is 2.61. The van der Waals surface area contributed by atoms with E-state index < -0.39 is 13.9 Å². The molecule has 0 amide bonds. The molecule has 33 heavy (non-hydrogen) atoms. The molecular weight excluding hydrogens is 424 g/mol. The van der Waals surface area contributed by atoms with Gasteiger partial charge in [0, 0.05) is 0 Å². The van der Waals surface area contributed by atoms with Gasteiger partial charge in [0.2, 0.25) is 0 Å². The smallest absolute Gasteiger partial charge is 0.308 e. The molecule has 0 heterocycles. The Morgan fingerprint density at radius 1 is 0.909 bits per heavy atom. The number of hydrogen-bond acceptors (Lipinski definition) is 3. The van der Waals surface area contributed by atoms with Gasteiger partial charge in [0.1, 0.15) is 5.60 Å². The van der Waals surface area contributed by atoms with Crippen molar-refractivity contribution in [2.45, 2.75) is 85.0 Å². The summed E-state index contributed by atoms with van der Waals surface area (Å²) in [5.74, 6) is 0.00926. The normalized spacial score (nSPS) is 14.4. The highest BCUT2D eigenvalue weighted by atomic mass is 28.4. The van der Waals surface area contributed by atoms with Crippen molar-refractivity contribution in [3.63, 3.8) is 0 Å². The van der Waals surface area contributed by atoms with E-state index in [1.807, 2.05) is 39.8 Å². The predicted molar refractivity (Wildman–Crippen MR) is 142 cm³/mol. The highest BCUT2D eigenvalue weighted by Crippen LogP contribution is 2.39. The molecule has 0 aromatic heterocycles. The quantitative estimate of drug-likeness (QED) is 0.248. The molecule has 2 aromatic rings. The van der Waals surface area contributed by atoms with E-state index in [1.165, 1.54) is 10.4 Å². The molecular formula is C29H42O3Si. The number of allylic oxidation sites excluding steroid dienone is 1. The van der Waals surface area contributed by atoms with Gasteiger partial charge in [0.15, 0.2) is 0 Å². The standard InChI is InChI=1S/C29H42O3Si/c1-22(2)23(3)20-24(21-27(30)31-28(4,5)6)32-33(29(7,8)9,25-16-12-10-13-17-25)26-18-14-11-15-19-26/h10-19,23-24H,1,20-21H2,2-9H3. The van der Waals surface area contributed by atoms with Crippen molar-refractivity contribution in [1.82, 2.24) is 0 Å². The van der Waals surface area contributed by atoms with Gasteiger partial charge in [-0.1, -0.05) is 101 Å². The van der Waals surface area contributed by atoms with Gasteiger partial charge < -0.3 is 9.16 Å². The summed E-state index contributed by atoms with van der Waals surface area (Å²) >= 11 is 0. The van der Waals surface area contributed by atoms with Crippen molar-refractivity contribution in [3.8, 4) is 0 Å². The van der Waals surface area contributed by atoms with Crippen molar-refractivity contribution in [1.29, 1.82) is 0 Å². The van der Waals surface area contributed by atoms with E-state index in [0.717, 1.165) is 12.0 Å². The van der Waals surface area contributed by atoms with Gasteiger partial charge >= 0.3 is 5.97 Å². The van der Waals surface area contributed by atoms with E-state index in [1.54, 1.807) is 0 Å². The van der Waals surface area contributed by atoms with Crippen molar-refractivity contribution in [3.05, 3.63) is 72.8 Å². The van der Waals surface area contributed by atoms with Crippen molar-refractivity contribution in [2.75, 3.05) is 0 Å². The lowest BCUT2D eigenvalue weighted by Crippen LogP contribution is -2.67. The molecule has 0 bridgehead atoms. The molecule has 4 heteroatoms. The van der Waals surface area contributed by atoms with Gasteiger partial charge in [-0.15, -0.1) is 0 Å². The zero-order chi connectivity index (χ0) is 24.9. The second kappa shape index (κ2) is 10.8. The topological polar surface area (TPSA) is 35.5 Å². The molecule has 0 aliphatic rings. The summed E-state index contributed by atoms with van der Waals surface area (Å²) in [7, 11) is -2.78. The van der Waals surface area contributed by atoms with Crippen LogP contribution in [0.15, 0.2) is 72.8 Å². The molecule has 2 atom stereocenters. The minimum atomic E-state index is -2.78. The van der Waals surface area contributed by atoms with Gasteiger partial charge in [0.25, 0.3) is 8.32 Å². The zero-order valence-electron chi connectivity index (χ0n) is 21.8. The average molecular weight is 467 g/mol. The van der Waals surface area contributed by atoms with Crippen LogP contribution >= 0.6 is 0 Å². The first-order valence-corrected chi connectivity index (χ1v) is 13.8. The van der Waals surface area contributed by atoms with Gasteiger partial charge in [-0.25, -0.2) is 0 Å². The van der Waals surface area contributed by atoms with E-state index >= 15 is 0 Å². The fourth-order valence-corrected chi connectivity index (χ4v) is 8.97. The molecule has 0 fully saturated rings. The van der Waals surface area contributed by atoms with Crippen LogP contribution in [-0.4, -0.2) is 26.0 Å². The molecule has 3 nitrogen and oxygen atoms in total. The third-order valence-electron chi connectivity index (χ3n) is 6.03. The third kappa shape index (κ3) is 7.15. The summed E-state index contributed by atoms with van der Waals surface area (Å²) in [5, 5.41) is 2.26. The summed E-state index contributed by atoms with van der Waals surface area (Å²) in [6.45, 7) is 20.8. The minimum absolute atomic E-state index is 0.158. The van der Waals surface area contributed by atoms with Crippen LogP contribution in [-0.2, 0) is 14.0 Å². The monoisotopic (exact) mass is 466 g/mol. The summed E-state index contributed by atoms with van der Waals surface area (Å²) < 4.78 is 13.0. The molecule has 0 saturated carbocycles. The molecule has 0 saturated heterocycles. The largest absolute Gasteiger partial charge is 0.460 e. The number of rotatable bonds is 9. The lowest BCUT2D eigenvalue weighted by molar-refractivity contribution is -0.156. The highest BCUT2D eigenvalue weighted by molar-refractivity contribution is 6.99. The van der Waals surface area contributed by atoms with Crippen LogP contribution < -0.4 is 10.4 Å². The Morgan fingerprint density at radius 2 is 1.36 bits per heavy atom. The summed E-state index contributed by atoms with van der Waals surface area (Å²) in [4.78, 5) is 12.9. The molecule has 2 rings (SSSR count). The lowest BCUT2D eigenvalue weighted by atomic mass is 9.96. The Morgan fingerprint density at radius 3 is 1.73 bits per heavy atom. The third-order valence-corrected chi connectivity index (χ3v) is 11.1. The zero-order valence-corrected chi connectivity index (χ0v) is 22.8. The number of esters is 1. The fourth-order valence-electron chi connectivity index (χ4n) is 4.28. The van der Waals surface area contributed by atoms with Crippen LogP contribution in [0.25, 0.3) is 0 Å². The van der Waals surface area contributed by atoms with Crippen LogP contribution in [0.4, 0.5) is 0 Å². The molecule has 0 spiro atoms. The van der Waals surface area contributed by atoms with E-state index in [0.29, 0.717) is 0 Å². The number of carbonyl (C=O) groups is 1. The Kier molecular flexibility index (Phi) is 8.89. The average Bonchev–Trinajstić information content (AvgIpc) is 2.70. The summed E-state index contributed by atoms with van der Waals surface area (Å²) in [5.41, 5.74) is 0.564. The number of ether oxygens (including phenoxy) is 1. The second-order valence-electron chi connectivity index (χ2n) is 11.2. The predicted octanol–water partition coefficient (Wildman–Crippen LogP) is 6.27. The lowest BCUT2D eigenvalue weighted by Gasteiger charge is -2.45. The van der Waals surface area contributed by atoms with E-state index in [4.69, 9.17) is 9.16 Å². The maximum Gasteiger partial charge on any atom is 0.308 e. The van der Waals surface area contributed by atoms with E-state index in [-0.39, 0.29) is 29.5 Å². The first kappa shape index (κ1) is 27.1. The fraction of sp³-hybridized carbons (Fsp3) is 0.483. The van der Waals surface area contributed by atoms with Crippen LogP contribution in [0.5, 0.6) is 0 Å². The molecule has 2 aromatic carbocycles. The van der Waals surface area contributed by atoms with Crippen LogP contribution in [0.2, 0.25) is 5.04 Å². The molecule has 0 N–H and O–H groups in total. The summed E-state index contributed by atoms with van der Waals surface area (Å²) in [6.07, 6.45) is 0.663. The van der Waals surface area contributed by atoms with Crippen molar-refractivity contribution < 1.29 is 14.0 Å². The minimum Gasteiger partial charge on any atom is -0.460 e. The van der Waals surface area contributed by atoms with Gasteiger partial charge in [-0.3, -0.25) is 4.79 Å². The number of hydrogen-bond donors (Lipinski definition) is 0. The van der Waals surface area contributed by atoms with E-state index in [2.05, 4.69) is 82.8 Å². The van der Waals surface area contributed by atoms with Crippen LogP contribution in [0, 0.1) is 5.92 Å². The number of benzene rings is 2. The van der Waals surface area contributed by atoms with Gasteiger partial charge in [0.05, 0.1) is 12.5 Å².